The molecule has 3 N–H and O–H groups in total. The molecule has 2 heterocycles. The maximum atomic E-state index is 13.0. The van der Waals surface area contributed by atoms with Gasteiger partial charge in [-0.15, -0.1) is 0 Å². The molecule has 0 spiro atoms. The first-order valence-electron chi connectivity index (χ1n) is 11.9. The van der Waals surface area contributed by atoms with E-state index in [4.69, 9.17) is 5.73 Å². The number of carbonyl (C=O) groups excluding carboxylic acids is 2. The van der Waals surface area contributed by atoms with E-state index >= 15 is 0 Å². The van der Waals surface area contributed by atoms with E-state index in [9.17, 15) is 18.0 Å². The lowest BCUT2D eigenvalue weighted by Gasteiger charge is -2.16. The van der Waals surface area contributed by atoms with Gasteiger partial charge in [0.25, 0.3) is 0 Å². The van der Waals surface area contributed by atoms with Gasteiger partial charge in [0, 0.05) is 32.5 Å². The highest BCUT2D eigenvalue weighted by Crippen LogP contribution is 2.26. The summed E-state index contributed by atoms with van der Waals surface area (Å²) in [4.78, 5) is 29.5. The van der Waals surface area contributed by atoms with Gasteiger partial charge in [0.2, 0.25) is 21.8 Å². The molecule has 4 rings (SSSR count). The molecule has 9 nitrogen and oxygen atoms in total. The monoisotopic (exact) mass is 497 g/mol. The minimum Gasteiger partial charge on any atom is -0.368 e. The molecule has 10 heteroatoms. The summed E-state index contributed by atoms with van der Waals surface area (Å²) in [5.41, 5.74) is 7.56. The zero-order valence-corrected chi connectivity index (χ0v) is 20.6. The van der Waals surface area contributed by atoms with E-state index in [0.717, 1.165) is 24.8 Å². The van der Waals surface area contributed by atoms with Gasteiger partial charge in [-0.2, -0.15) is 4.31 Å². The van der Waals surface area contributed by atoms with Crippen LogP contribution in [0.15, 0.2) is 53.4 Å². The average molecular weight is 498 g/mol. The molecular weight excluding hydrogens is 466 g/mol. The van der Waals surface area contributed by atoms with Gasteiger partial charge >= 0.3 is 0 Å². The number of imidazole rings is 1. The second-order valence-electron chi connectivity index (χ2n) is 8.75. The Labute approximate surface area is 205 Å². The van der Waals surface area contributed by atoms with Crippen LogP contribution in [-0.2, 0) is 32.6 Å². The lowest BCUT2D eigenvalue weighted by molar-refractivity contribution is -0.127. The molecule has 1 atom stereocenters. The zero-order chi connectivity index (χ0) is 25.0. The van der Waals surface area contributed by atoms with Crippen molar-refractivity contribution >= 4 is 32.9 Å². The quantitative estimate of drug-likeness (QED) is 0.445. The summed E-state index contributed by atoms with van der Waals surface area (Å²) >= 11 is 0. The van der Waals surface area contributed by atoms with E-state index < -0.39 is 22.0 Å². The molecular formula is C25H31N5O4S. The lowest BCUT2D eigenvalue weighted by Crippen LogP contribution is -2.37. The molecule has 3 aromatic rings. The van der Waals surface area contributed by atoms with Crippen molar-refractivity contribution in [3.63, 3.8) is 0 Å². The van der Waals surface area contributed by atoms with Gasteiger partial charge in [0.15, 0.2) is 0 Å². The Morgan fingerprint density at radius 3 is 2.49 bits per heavy atom. The number of sulfonamides is 1. The Kier molecular flexibility index (Phi) is 7.51. The van der Waals surface area contributed by atoms with Crippen LogP contribution >= 0.6 is 0 Å². The fourth-order valence-corrected chi connectivity index (χ4v) is 6.02. The first kappa shape index (κ1) is 24.9. The Bertz CT molecular complexity index is 1310. The van der Waals surface area contributed by atoms with Crippen molar-refractivity contribution in [2.45, 2.75) is 56.5 Å². The standard InChI is InChI=1S/C25H31N5O4S/c1-2-14-30-21-11-10-19(35(33,34)29-15-6-7-16-29)17-20(21)27-22(30)12-13-23(31)28-24(25(26)32)18-8-4-3-5-9-18/h3-5,8-11,17,24H,2,6-7,12-16H2,1H3,(H2,26,32)(H,28,31). The number of nitrogens with zero attached hydrogens (tertiary/aromatic N) is 3. The molecule has 1 unspecified atom stereocenters. The molecule has 1 aliphatic heterocycles. The number of primary amides is 1. The number of carbonyl (C=O) groups is 2. The summed E-state index contributed by atoms with van der Waals surface area (Å²) in [7, 11) is -3.54. The number of nitrogens with two attached hydrogens (primary N) is 1. The number of hydrogen-bond acceptors (Lipinski definition) is 5. The van der Waals surface area contributed by atoms with E-state index in [1.807, 2.05) is 17.6 Å². The highest BCUT2D eigenvalue weighted by Gasteiger charge is 2.28. The van der Waals surface area contributed by atoms with Gasteiger partial charge in [0.05, 0.1) is 15.9 Å². The van der Waals surface area contributed by atoms with Crippen LogP contribution in [-0.4, -0.2) is 47.2 Å². The van der Waals surface area contributed by atoms with Gasteiger partial charge in [-0.3, -0.25) is 9.59 Å². The molecule has 0 radical (unpaired) electrons. The zero-order valence-electron chi connectivity index (χ0n) is 19.8. The summed E-state index contributed by atoms with van der Waals surface area (Å²) in [5, 5.41) is 2.71. The normalized spacial score (nSPS) is 15.3. The van der Waals surface area contributed by atoms with Gasteiger partial charge in [-0.05, 0) is 43.0 Å². The predicted molar refractivity (Wildman–Crippen MR) is 133 cm³/mol. The van der Waals surface area contributed by atoms with E-state index in [-0.39, 0.29) is 17.2 Å². The number of rotatable bonds is 10. The molecule has 35 heavy (non-hydrogen) atoms. The number of aryl methyl sites for hydroxylation is 2. The van der Waals surface area contributed by atoms with Crippen LogP contribution in [0.4, 0.5) is 0 Å². The Balaban J connectivity index is 1.53. The van der Waals surface area contributed by atoms with Gasteiger partial charge in [-0.1, -0.05) is 37.3 Å². The summed E-state index contributed by atoms with van der Waals surface area (Å²) in [6.07, 6.45) is 3.06. The molecule has 0 aliphatic carbocycles. The molecule has 186 valence electrons. The van der Waals surface area contributed by atoms with Crippen molar-refractivity contribution in [2.24, 2.45) is 5.73 Å². The Hall–Kier alpha value is -3.24. The maximum absolute atomic E-state index is 13.0. The van der Waals surface area contributed by atoms with Crippen molar-refractivity contribution in [3.05, 3.63) is 59.9 Å². The minimum absolute atomic E-state index is 0.114. The molecule has 0 bridgehead atoms. The van der Waals surface area contributed by atoms with Crippen molar-refractivity contribution in [3.8, 4) is 0 Å². The third-order valence-corrected chi connectivity index (χ3v) is 8.14. The number of nitrogens with one attached hydrogen (secondary N) is 1. The Morgan fingerprint density at radius 2 is 1.83 bits per heavy atom. The highest BCUT2D eigenvalue weighted by molar-refractivity contribution is 7.89. The van der Waals surface area contributed by atoms with E-state index in [1.54, 1.807) is 42.5 Å². The van der Waals surface area contributed by atoms with Crippen molar-refractivity contribution < 1.29 is 18.0 Å². The number of benzene rings is 2. The second-order valence-corrected chi connectivity index (χ2v) is 10.7. The third-order valence-electron chi connectivity index (χ3n) is 6.25. The van der Waals surface area contributed by atoms with Crippen LogP contribution in [0.2, 0.25) is 0 Å². The predicted octanol–water partition coefficient (Wildman–Crippen LogP) is 2.51. The van der Waals surface area contributed by atoms with E-state index in [0.29, 0.717) is 43.0 Å². The van der Waals surface area contributed by atoms with Crippen LogP contribution in [0.25, 0.3) is 11.0 Å². The molecule has 2 amide bonds. The first-order chi connectivity index (χ1) is 16.8. The molecule has 1 aromatic heterocycles. The highest BCUT2D eigenvalue weighted by atomic mass is 32.2. The van der Waals surface area contributed by atoms with Gasteiger partial charge in [-0.25, -0.2) is 13.4 Å². The SMILES string of the molecule is CCCn1c(CCC(=O)NC(C(N)=O)c2ccccc2)nc2cc(S(=O)(=O)N3CCCC3)ccc21. The Morgan fingerprint density at radius 1 is 1.11 bits per heavy atom. The maximum Gasteiger partial charge on any atom is 0.244 e. The van der Waals surface area contributed by atoms with Gasteiger partial charge in [0.1, 0.15) is 11.9 Å². The molecule has 0 saturated carbocycles. The van der Waals surface area contributed by atoms with E-state index in [1.165, 1.54) is 4.31 Å². The summed E-state index contributed by atoms with van der Waals surface area (Å²) in [6.45, 7) is 3.83. The average Bonchev–Trinajstić information content (AvgIpc) is 3.51. The van der Waals surface area contributed by atoms with Gasteiger partial charge < -0.3 is 15.6 Å². The van der Waals surface area contributed by atoms with Crippen LogP contribution in [0, 0.1) is 0 Å². The van der Waals surface area contributed by atoms with Crippen LogP contribution in [0.3, 0.4) is 0 Å². The summed E-state index contributed by atoms with van der Waals surface area (Å²) in [5.74, 6) is -0.248. The lowest BCUT2D eigenvalue weighted by atomic mass is 10.1. The van der Waals surface area contributed by atoms with E-state index in [2.05, 4.69) is 10.3 Å². The fraction of sp³-hybridized carbons (Fsp3) is 0.400. The summed E-state index contributed by atoms with van der Waals surface area (Å²) < 4.78 is 29.5. The largest absolute Gasteiger partial charge is 0.368 e. The molecule has 1 fully saturated rings. The molecule has 2 aromatic carbocycles. The molecule has 1 aliphatic rings. The topological polar surface area (TPSA) is 127 Å². The minimum atomic E-state index is -3.54. The van der Waals surface area contributed by atoms with Crippen molar-refractivity contribution in [1.29, 1.82) is 0 Å². The van der Waals surface area contributed by atoms with Crippen LogP contribution in [0.1, 0.15) is 50.0 Å². The fourth-order valence-electron chi connectivity index (χ4n) is 4.48. The summed E-state index contributed by atoms with van der Waals surface area (Å²) in [6, 6.07) is 13.0. The van der Waals surface area contributed by atoms with Crippen molar-refractivity contribution in [2.75, 3.05) is 13.1 Å². The van der Waals surface area contributed by atoms with Crippen molar-refractivity contribution in [1.82, 2.24) is 19.2 Å². The second kappa shape index (κ2) is 10.6. The van der Waals surface area contributed by atoms with Crippen LogP contribution < -0.4 is 11.1 Å². The third kappa shape index (κ3) is 5.38. The first-order valence-corrected chi connectivity index (χ1v) is 13.4. The number of amides is 2. The smallest absolute Gasteiger partial charge is 0.244 e. The number of hydrogen-bond donors (Lipinski definition) is 2. The number of aromatic nitrogens is 2. The number of fused-ring (bicyclic) bond motifs is 1. The van der Waals surface area contributed by atoms with Crippen LogP contribution in [0.5, 0.6) is 0 Å². The molecule has 1 saturated heterocycles.